The van der Waals surface area contributed by atoms with Gasteiger partial charge in [-0.15, -0.1) is 0 Å². The van der Waals surface area contributed by atoms with E-state index in [9.17, 15) is 0 Å². The zero-order valence-corrected chi connectivity index (χ0v) is 21.3. The van der Waals surface area contributed by atoms with Crippen LogP contribution in [0.5, 0.6) is 0 Å². The minimum Gasteiger partial charge on any atom is -0.465 e. The molecule has 0 unspecified atom stereocenters. The van der Waals surface area contributed by atoms with Crippen LogP contribution in [-0.2, 0) is 0 Å². The highest BCUT2D eigenvalue weighted by Crippen LogP contribution is 2.37. The first-order valence-corrected chi connectivity index (χ1v) is 12.8. The number of carboxylic acid groups (broad SMARTS) is 1. The molecule has 3 aromatic heterocycles. The van der Waals surface area contributed by atoms with Gasteiger partial charge < -0.3 is 21.9 Å². The zero-order valence-electron chi connectivity index (χ0n) is 21.3. The largest absolute Gasteiger partial charge is 0.465 e. The van der Waals surface area contributed by atoms with Crippen molar-refractivity contribution in [3.05, 3.63) is 78.4 Å². The van der Waals surface area contributed by atoms with Gasteiger partial charge in [-0.1, -0.05) is 49.6 Å². The van der Waals surface area contributed by atoms with E-state index in [1.165, 1.54) is 37.7 Å². The Morgan fingerprint density at radius 2 is 1.79 bits per heavy atom. The Labute approximate surface area is 220 Å². The number of para-hydroxylation sites is 1. The number of nitrogens with one attached hydrogen (secondary N) is 1. The van der Waals surface area contributed by atoms with E-state index in [1.807, 2.05) is 36.5 Å². The van der Waals surface area contributed by atoms with Gasteiger partial charge in [0.2, 0.25) is 0 Å². The number of fused-ring (bicyclic) bond motifs is 2. The molecule has 194 valence electrons. The number of rotatable bonds is 4. The number of pyridine rings is 1. The second-order valence-corrected chi connectivity index (χ2v) is 9.57. The molecule has 1 amide bonds. The number of nitrogen functional groups attached to an aromatic ring is 1. The van der Waals surface area contributed by atoms with E-state index in [4.69, 9.17) is 25.6 Å². The Morgan fingerprint density at radius 3 is 2.53 bits per heavy atom. The lowest BCUT2D eigenvalue weighted by atomic mass is 9.89. The summed E-state index contributed by atoms with van der Waals surface area (Å²) < 4.78 is 2.16. The summed E-state index contributed by atoms with van der Waals surface area (Å²) in [7, 11) is 0. The number of aromatic nitrogens is 4. The third-order valence-corrected chi connectivity index (χ3v) is 6.92. The molecule has 1 aliphatic rings. The van der Waals surface area contributed by atoms with Crippen LogP contribution >= 0.6 is 0 Å². The third-order valence-electron chi connectivity index (χ3n) is 6.92. The van der Waals surface area contributed by atoms with Gasteiger partial charge in [-0.05, 0) is 49.6 Å². The number of amides is 1. The molecule has 9 nitrogen and oxygen atoms in total. The molecule has 1 aliphatic carbocycles. The molecule has 0 saturated heterocycles. The van der Waals surface area contributed by atoms with Gasteiger partial charge in [0.25, 0.3) is 0 Å². The van der Waals surface area contributed by atoms with Crippen LogP contribution in [-0.4, -0.2) is 30.6 Å². The molecule has 2 aromatic carbocycles. The summed E-state index contributed by atoms with van der Waals surface area (Å²) in [6, 6.07) is 18.6. The van der Waals surface area contributed by atoms with E-state index in [1.54, 1.807) is 6.20 Å². The smallest absolute Gasteiger partial charge is 0.402 e. The van der Waals surface area contributed by atoms with Crippen LogP contribution in [0.1, 0.15) is 49.4 Å². The molecule has 1 saturated carbocycles. The minimum atomic E-state index is -1.33. The van der Waals surface area contributed by atoms with Gasteiger partial charge >= 0.3 is 6.09 Å². The predicted octanol–water partition coefficient (Wildman–Crippen LogP) is 6.25. The van der Waals surface area contributed by atoms with Crippen LogP contribution in [0.25, 0.3) is 27.7 Å². The first-order valence-electron chi connectivity index (χ1n) is 12.8. The average molecular weight is 510 g/mol. The van der Waals surface area contributed by atoms with Crippen LogP contribution in [0.2, 0.25) is 0 Å². The third kappa shape index (κ3) is 5.22. The average Bonchev–Trinajstić information content (AvgIpc) is 3.30. The van der Waals surface area contributed by atoms with Crippen LogP contribution in [0.15, 0.2) is 67.0 Å². The second kappa shape index (κ2) is 10.8. The Morgan fingerprint density at radius 1 is 1.05 bits per heavy atom. The fourth-order valence-electron chi connectivity index (χ4n) is 5.22. The van der Waals surface area contributed by atoms with Crippen molar-refractivity contribution in [3.8, 4) is 11.3 Å². The summed E-state index contributed by atoms with van der Waals surface area (Å²) in [5, 5.41) is 11.7. The number of benzene rings is 2. The first-order chi connectivity index (χ1) is 18.4. The van der Waals surface area contributed by atoms with Crippen molar-refractivity contribution in [2.45, 2.75) is 44.9 Å². The van der Waals surface area contributed by atoms with E-state index in [-0.39, 0.29) is 0 Å². The number of aryl methyl sites for hydroxylation is 1. The summed E-state index contributed by atoms with van der Waals surface area (Å²) >= 11 is 0. The van der Waals surface area contributed by atoms with Gasteiger partial charge in [0.05, 0.1) is 5.52 Å². The Hall–Kier alpha value is -4.66. The fraction of sp³-hybridized carbons (Fsp3) is 0.241. The Balaban J connectivity index is 0.000000689. The molecule has 38 heavy (non-hydrogen) atoms. The molecule has 1 fully saturated rings. The van der Waals surface area contributed by atoms with E-state index < -0.39 is 6.09 Å². The molecular formula is C29H31N7O2. The van der Waals surface area contributed by atoms with Crippen molar-refractivity contribution in [2.75, 3.05) is 11.1 Å². The minimum absolute atomic E-state index is 0.458. The molecule has 0 bridgehead atoms. The number of hydrogen-bond donors (Lipinski definition) is 4. The van der Waals surface area contributed by atoms with Crippen molar-refractivity contribution in [2.24, 2.45) is 5.73 Å². The Bertz CT molecular complexity index is 1590. The van der Waals surface area contributed by atoms with Gasteiger partial charge in [-0.3, -0.25) is 4.40 Å². The van der Waals surface area contributed by atoms with E-state index in [0.717, 1.165) is 45.0 Å². The van der Waals surface area contributed by atoms with Crippen LogP contribution in [0.3, 0.4) is 0 Å². The van der Waals surface area contributed by atoms with Gasteiger partial charge in [0, 0.05) is 34.9 Å². The number of hydrogen-bond acceptors (Lipinski definition) is 6. The number of imidazole rings is 1. The first kappa shape index (κ1) is 25.0. The standard InChI is InChI=1S/C28H28N6.CH3NO2/c1-18-16-24(31-21-10-6-3-7-11-21)32-23-17-20(12-13-22(18)23)25-26-27(29)30-14-15-34(26)28(33-25)19-8-4-2-5-9-19;2-1(3)4/h3,6-7,10-17,19H,2,4-5,8-9H2,1H3,(H2,29,30)(H,31,32);2H2,(H,3,4). The number of carbonyl (C=O) groups is 1. The monoisotopic (exact) mass is 509 g/mol. The predicted molar refractivity (Wildman–Crippen MR) is 151 cm³/mol. The van der Waals surface area contributed by atoms with E-state index >= 15 is 0 Å². The SMILES string of the molecule is Cc1cc(Nc2ccccc2)nc2cc(-c3nc(C4CCCCC4)n4ccnc(N)c34)ccc12.NC(=O)O. The van der Waals surface area contributed by atoms with Crippen molar-refractivity contribution >= 4 is 39.8 Å². The molecule has 5 aromatic rings. The van der Waals surface area contributed by atoms with Crippen LogP contribution in [0, 0.1) is 6.92 Å². The zero-order chi connectivity index (χ0) is 26.6. The maximum Gasteiger partial charge on any atom is 0.402 e. The number of anilines is 3. The lowest BCUT2D eigenvalue weighted by Gasteiger charge is -2.20. The maximum atomic E-state index is 8.78. The highest BCUT2D eigenvalue weighted by Gasteiger charge is 2.24. The molecule has 0 radical (unpaired) electrons. The fourth-order valence-corrected chi connectivity index (χ4v) is 5.22. The molecule has 0 atom stereocenters. The number of nitrogens with two attached hydrogens (primary N) is 2. The van der Waals surface area contributed by atoms with Crippen LogP contribution in [0.4, 0.5) is 22.1 Å². The summed E-state index contributed by atoms with van der Waals surface area (Å²) in [6.45, 7) is 2.12. The van der Waals surface area contributed by atoms with Crippen molar-refractivity contribution in [1.82, 2.24) is 19.4 Å². The molecule has 0 spiro atoms. The normalized spacial score (nSPS) is 13.7. The second-order valence-electron chi connectivity index (χ2n) is 9.57. The lowest BCUT2D eigenvalue weighted by molar-refractivity contribution is 0.205. The van der Waals surface area contributed by atoms with Gasteiger partial charge in [0.1, 0.15) is 28.7 Å². The highest BCUT2D eigenvalue weighted by molar-refractivity contribution is 5.92. The van der Waals surface area contributed by atoms with Gasteiger partial charge in [0.15, 0.2) is 0 Å². The lowest BCUT2D eigenvalue weighted by Crippen LogP contribution is -2.09. The molecule has 6 rings (SSSR count). The topological polar surface area (TPSA) is 144 Å². The van der Waals surface area contributed by atoms with Gasteiger partial charge in [-0.2, -0.15) is 0 Å². The number of primary amides is 1. The number of nitrogens with zero attached hydrogens (tertiary/aromatic N) is 4. The molecule has 3 heterocycles. The van der Waals surface area contributed by atoms with E-state index in [2.05, 4.69) is 51.6 Å². The molecule has 6 N–H and O–H groups in total. The Kier molecular flexibility index (Phi) is 7.08. The molecule has 0 aliphatic heterocycles. The summed E-state index contributed by atoms with van der Waals surface area (Å²) in [5.41, 5.74) is 16.3. The quantitative estimate of drug-likeness (QED) is 0.224. The van der Waals surface area contributed by atoms with Crippen molar-refractivity contribution in [3.63, 3.8) is 0 Å². The maximum absolute atomic E-state index is 8.78. The highest BCUT2D eigenvalue weighted by atomic mass is 16.4. The van der Waals surface area contributed by atoms with Crippen molar-refractivity contribution < 1.29 is 9.90 Å². The molecule has 9 heteroatoms. The summed E-state index contributed by atoms with van der Waals surface area (Å²) in [4.78, 5) is 23.2. The van der Waals surface area contributed by atoms with Crippen LogP contribution < -0.4 is 16.8 Å². The summed E-state index contributed by atoms with van der Waals surface area (Å²) in [6.07, 6.45) is 8.61. The van der Waals surface area contributed by atoms with Gasteiger partial charge in [-0.25, -0.2) is 19.7 Å². The summed E-state index contributed by atoms with van der Waals surface area (Å²) in [5.74, 6) is 2.89. The molecular weight excluding hydrogens is 478 g/mol. The van der Waals surface area contributed by atoms with E-state index in [0.29, 0.717) is 11.7 Å². The van der Waals surface area contributed by atoms with Crippen molar-refractivity contribution in [1.29, 1.82) is 0 Å².